The molecule has 1 N–H and O–H groups in total. The molecule has 0 unspecified atom stereocenters. The second-order valence-electron chi connectivity index (χ2n) is 3.95. The lowest BCUT2D eigenvalue weighted by Gasteiger charge is -2.06. The van der Waals surface area contributed by atoms with Crippen LogP contribution in [0.3, 0.4) is 0 Å². The van der Waals surface area contributed by atoms with E-state index < -0.39 is 0 Å². The molecule has 1 amide bonds. The highest BCUT2D eigenvalue weighted by Crippen LogP contribution is 2.18. The molecule has 0 spiro atoms. The Morgan fingerprint density at radius 3 is 2.47 bits per heavy atom. The Morgan fingerprint density at radius 2 is 1.89 bits per heavy atom. The summed E-state index contributed by atoms with van der Waals surface area (Å²) in [6.45, 7) is 1.88. The molecule has 0 atom stereocenters. The van der Waals surface area contributed by atoms with Crippen LogP contribution in [-0.4, -0.2) is 17.1 Å². The van der Waals surface area contributed by atoms with Crippen molar-refractivity contribution in [3.63, 3.8) is 0 Å². The van der Waals surface area contributed by atoms with Gasteiger partial charge in [-0.05, 0) is 65.5 Å². The number of rotatable bonds is 3. The average Bonchev–Trinajstić information content (AvgIpc) is 2.43. The predicted octanol–water partition coefficient (Wildman–Crippen LogP) is 4.13. The molecule has 0 saturated heterocycles. The molecule has 0 aliphatic carbocycles. The highest BCUT2D eigenvalue weighted by Gasteiger charge is 2.07. The maximum atomic E-state index is 12.0. The molecule has 2 aromatic rings. The number of carbonyl (C=O) groups excluding carboxylic acids is 1. The van der Waals surface area contributed by atoms with E-state index in [2.05, 4.69) is 26.2 Å². The van der Waals surface area contributed by atoms with E-state index in [9.17, 15) is 4.79 Å². The number of amides is 1. The van der Waals surface area contributed by atoms with E-state index >= 15 is 0 Å². The first-order valence-electron chi connectivity index (χ1n) is 5.68. The van der Waals surface area contributed by atoms with Crippen molar-refractivity contribution in [1.82, 2.24) is 4.98 Å². The van der Waals surface area contributed by atoms with Crippen molar-refractivity contribution in [2.24, 2.45) is 0 Å². The standard InChI is InChI=1S/C14H13BrN2OS/c1-9-12(15)7-8-13(16-9)17-14(18)10-3-5-11(19-2)6-4-10/h3-8H,1-2H3,(H,16,17,18). The first kappa shape index (κ1) is 14.1. The van der Waals surface area contributed by atoms with Crippen molar-refractivity contribution in [3.05, 3.63) is 52.1 Å². The van der Waals surface area contributed by atoms with E-state index in [1.807, 2.05) is 43.5 Å². The van der Waals surface area contributed by atoms with Crippen LogP contribution in [0.5, 0.6) is 0 Å². The lowest BCUT2D eigenvalue weighted by Crippen LogP contribution is -2.13. The Labute approximate surface area is 125 Å². The molecule has 19 heavy (non-hydrogen) atoms. The number of nitrogens with one attached hydrogen (secondary N) is 1. The molecule has 0 bridgehead atoms. The fraction of sp³-hybridized carbons (Fsp3) is 0.143. The summed E-state index contributed by atoms with van der Waals surface area (Å²) in [6, 6.07) is 11.1. The third-order valence-corrected chi connectivity index (χ3v) is 4.20. The van der Waals surface area contributed by atoms with Gasteiger partial charge in [0.1, 0.15) is 5.82 Å². The van der Waals surface area contributed by atoms with Gasteiger partial charge in [0.25, 0.3) is 5.91 Å². The number of aryl methyl sites for hydroxylation is 1. The van der Waals surface area contributed by atoms with E-state index in [0.717, 1.165) is 15.1 Å². The summed E-state index contributed by atoms with van der Waals surface area (Å²) in [5.41, 5.74) is 1.47. The SMILES string of the molecule is CSc1ccc(C(=O)Nc2ccc(Br)c(C)n2)cc1. The number of aromatic nitrogens is 1. The van der Waals surface area contributed by atoms with Gasteiger partial charge in [-0.25, -0.2) is 4.98 Å². The minimum atomic E-state index is -0.151. The van der Waals surface area contributed by atoms with Gasteiger partial charge in [0, 0.05) is 14.9 Å². The van der Waals surface area contributed by atoms with Gasteiger partial charge >= 0.3 is 0 Å². The number of benzene rings is 1. The van der Waals surface area contributed by atoms with Gasteiger partial charge in [-0.3, -0.25) is 4.79 Å². The molecule has 0 radical (unpaired) electrons. The van der Waals surface area contributed by atoms with Crippen LogP contribution in [0.15, 0.2) is 45.8 Å². The van der Waals surface area contributed by atoms with Crippen LogP contribution in [0.25, 0.3) is 0 Å². The highest BCUT2D eigenvalue weighted by molar-refractivity contribution is 9.10. The predicted molar refractivity (Wildman–Crippen MR) is 82.9 cm³/mol. The third kappa shape index (κ3) is 3.58. The molecule has 1 heterocycles. The van der Waals surface area contributed by atoms with E-state index in [0.29, 0.717) is 11.4 Å². The van der Waals surface area contributed by atoms with E-state index in [-0.39, 0.29) is 5.91 Å². The molecular formula is C14H13BrN2OS. The number of thioether (sulfide) groups is 1. The van der Waals surface area contributed by atoms with Gasteiger partial charge in [0.05, 0.1) is 5.69 Å². The van der Waals surface area contributed by atoms with Crippen molar-refractivity contribution in [2.75, 3.05) is 11.6 Å². The fourth-order valence-electron chi connectivity index (χ4n) is 1.54. The fourth-order valence-corrected chi connectivity index (χ4v) is 2.17. The van der Waals surface area contributed by atoms with Crippen LogP contribution in [0.4, 0.5) is 5.82 Å². The van der Waals surface area contributed by atoms with E-state index in [1.165, 1.54) is 0 Å². The number of nitrogens with zero attached hydrogens (tertiary/aromatic N) is 1. The molecule has 5 heteroatoms. The van der Waals surface area contributed by atoms with Gasteiger partial charge in [-0.15, -0.1) is 11.8 Å². The van der Waals surface area contributed by atoms with Crippen molar-refractivity contribution in [3.8, 4) is 0 Å². The summed E-state index contributed by atoms with van der Waals surface area (Å²) < 4.78 is 0.926. The van der Waals surface area contributed by atoms with Crippen molar-refractivity contribution in [1.29, 1.82) is 0 Å². The molecule has 1 aromatic heterocycles. The highest BCUT2D eigenvalue weighted by atomic mass is 79.9. The van der Waals surface area contributed by atoms with E-state index in [4.69, 9.17) is 0 Å². The van der Waals surface area contributed by atoms with Crippen LogP contribution in [0.2, 0.25) is 0 Å². The molecule has 1 aromatic carbocycles. The molecule has 2 rings (SSSR count). The molecule has 0 saturated carbocycles. The maximum Gasteiger partial charge on any atom is 0.256 e. The number of hydrogen-bond acceptors (Lipinski definition) is 3. The number of halogens is 1. The zero-order valence-electron chi connectivity index (χ0n) is 10.6. The number of hydrogen-bond donors (Lipinski definition) is 1. The zero-order chi connectivity index (χ0) is 13.8. The Hall–Kier alpha value is -1.33. The largest absolute Gasteiger partial charge is 0.307 e. The molecule has 0 aliphatic rings. The normalized spacial score (nSPS) is 10.3. The van der Waals surface area contributed by atoms with Crippen LogP contribution in [0.1, 0.15) is 16.1 Å². The van der Waals surface area contributed by atoms with Crippen molar-refractivity contribution >= 4 is 39.4 Å². The average molecular weight is 337 g/mol. The molecule has 0 aliphatic heterocycles. The molecule has 0 fully saturated rings. The minimum Gasteiger partial charge on any atom is -0.307 e. The molecule has 3 nitrogen and oxygen atoms in total. The van der Waals surface area contributed by atoms with Crippen LogP contribution in [0, 0.1) is 6.92 Å². The Bertz CT molecular complexity index is 599. The Balaban J connectivity index is 2.13. The van der Waals surface area contributed by atoms with Gasteiger partial charge in [0.15, 0.2) is 0 Å². The first-order chi connectivity index (χ1) is 9.10. The Kier molecular flexibility index (Phi) is 4.61. The molecular weight excluding hydrogens is 324 g/mol. The quantitative estimate of drug-likeness (QED) is 0.857. The smallest absolute Gasteiger partial charge is 0.256 e. The van der Waals surface area contributed by atoms with Gasteiger partial charge in [-0.2, -0.15) is 0 Å². The topological polar surface area (TPSA) is 42.0 Å². The lowest BCUT2D eigenvalue weighted by molar-refractivity contribution is 0.102. The summed E-state index contributed by atoms with van der Waals surface area (Å²) in [4.78, 5) is 17.5. The summed E-state index contributed by atoms with van der Waals surface area (Å²) in [5.74, 6) is 0.404. The van der Waals surface area contributed by atoms with Crippen LogP contribution >= 0.6 is 27.7 Å². The van der Waals surface area contributed by atoms with Crippen LogP contribution in [-0.2, 0) is 0 Å². The van der Waals surface area contributed by atoms with E-state index in [1.54, 1.807) is 17.8 Å². The summed E-state index contributed by atoms with van der Waals surface area (Å²) >= 11 is 5.03. The maximum absolute atomic E-state index is 12.0. The van der Waals surface area contributed by atoms with Gasteiger partial charge < -0.3 is 5.32 Å². The lowest BCUT2D eigenvalue weighted by atomic mass is 10.2. The number of anilines is 1. The number of pyridine rings is 1. The van der Waals surface area contributed by atoms with Gasteiger partial charge in [-0.1, -0.05) is 0 Å². The summed E-state index contributed by atoms with van der Waals surface area (Å²) in [5, 5.41) is 2.79. The molecule has 98 valence electrons. The van der Waals surface area contributed by atoms with Crippen molar-refractivity contribution < 1.29 is 4.79 Å². The first-order valence-corrected chi connectivity index (χ1v) is 7.70. The van der Waals surface area contributed by atoms with Crippen molar-refractivity contribution in [2.45, 2.75) is 11.8 Å². The summed E-state index contributed by atoms with van der Waals surface area (Å²) in [7, 11) is 0. The monoisotopic (exact) mass is 336 g/mol. The third-order valence-electron chi connectivity index (χ3n) is 2.62. The second-order valence-corrected chi connectivity index (χ2v) is 5.68. The minimum absolute atomic E-state index is 0.151. The Morgan fingerprint density at radius 1 is 1.21 bits per heavy atom. The van der Waals surface area contributed by atoms with Crippen LogP contribution < -0.4 is 5.32 Å². The zero-order valence-corrected chi connectivity index (χ0v) is 13.0. The van der Waals surface area contributed by atoms with Gasteiger partial charge in [0.2, 0.25) is 0 Å². The second kappa shape index (κ2) is 6.21. The number of carbonyl (C=O) groups is 1. The summed E-state index contributed by atoms with van der Waals surface area (Å²) in [6.07, 6.45) is 2.00.